The summed E-state index contributed by atoms with van der Waals surface area (Å²) in [5.74, 6) is 7.29. The molecule has 0 aliphatic heterocycles. The molecule has 2 saturated carbocycles. The zero-order valence-corrected chi connectivity index (χ0v) is 17.6. The molecule has 2 aliphatic rings. The third kappa shape index (κ3) is 7.04. The van der Waals surface area contributed by atoms with Crippen LogP contribution in [0.2, 0.25) is 0 Å². The predicted molar refractivity (Wildman–Crippen MR) is 115 cm³/mol. The van der Waals surface area contributed by atoms with Gasteiger partial charge in [0.05, 0.1) is 18.8 Å². The second-order valence-corrected chi connectivity index (χ2v) is 8.53. The third-order valence-corrected chi connectivity index (χ3v) is 6.35. The first-order chi connectivity index (χ1) is 13.6. The van der Waals surface area contributed by atoms with Crippen molar-refractivity contribution in [3.63, 3.8) is 0 Å². The van der Waals surface area contributed by atoms with E-state index >= 15 is 0 Å². The van der Waals surface area contributed by atoms with Crippen molar-refractivity contribution in [1.82, 2.24) is 5.32 Å². The first-order valence-corrected chi connectivity index (χ1v) is 11.0. The van der Waals surface area contributed by atoms with Crippen LogP contribution < -0.4 is 5.32 Å². The predicted octanol–water partition coefficient (Wildman–Crippen LogP) is 3.04. The first kappa shape index (κ1) is 23.2. The second kappa shape index (κ2) is 12.4. The maximum Gasteiger partial charge on any atom is 0.0755 e. The van der Waals surface area contributed by atoms with Crippen molar-refractivity contribution >= 4 is 0 Å². The standard InChI is InChI=1S/C24H39NO3/c1-3-4-8-18(2)23(27)11-10-21-22-16-19(15-20(22)17-24(21)28)9-6-5-7-12-25-13-14-26/h9-11,18,20-28H,5-8,12-17H2,1-2H3/t18-,20+,21-,22+,23-,24-/m1/s1. The molecule has 0 spiro atoms. The van der Waals surface area contributed by atoms with Gasteiger partial charge < -0.3 is 20.6 Å². The van der Waals surface area contributed by atoms with E-state index in [1.165, 1.54) is 6.42 Å². The molecule has 0 amide bonds. The highest BCUT2D eigenvalue weighted by Gasteiger charge is 2.44. The van der Waals surface area contributed by atoms with Crippen molar-refractivity contribution in [2.75, 3.05) is 19.7 Å². The average Bonchev–Trinajstić information content (AvgIpc) is 3.19. The van der Waals surface area contributed by atoms with Crippen molar-refractivity contribution in [2.45, 2.75) is 71.0 Å². The average molecular weight is 390 g/mol. The number of hydrogen-bond acceptors (Lipinski definition) is 4. The molecule has 28 heavy (non-hydrogen) atoms. The number of fused-ring (bicyclic) bond motifs is 1. The van der Waals surface area contributed by atoms with Crippen LogP contribution in [0.4, 0.5) is 0 Å². The van der Waals surface area contributed by atoms with Crippen LogP contribution in [0, 0.1) is 35.5 Å². The SMILES string of the molecule is CC#CC[C@@H](C)[C@H](O)C=C[C@@H]1[C@H]2CC(=CCCCCNCCO)C[C@H]2C[C@H]1O. The van der Waals surface area contributed by atoms with Crippen LogP contribution in [0.25, 0.3) is 0 Å². The molecule has 0 aromatic carbocycles. The van der Waals surface area contributed by atoms with E-state index in [2.05, 4.69) is 29.3 Å². The number of nitrogens with one attached hydrogen (secondary N) is 1. The van der Waals surface area contributed by atoms with Gasteiger partial charge >= 0.3 is 0 Å². The summed E-state index contributed by atoms with van der Waals surface area (Å²) in [6.45, 7) is 5.70. The Bertz CT molecular complexity index is 574. The highest BCUT2D eigenvalue weighted by molar-refractivity contribution is 5.18. The molecule has 4 nitrogen and oxygen atoms in total. The molecular weight excluding hydrogens is 350 g/mol. The molecule has 6 atom stereocenters. The number of rotatable bonds is 11. The van der Waals surface area contributed by atoms with Gasteiger partial charge in [-0.15, -0.1) is 11.8 Å². The quantitative estimate of drug-likeness (QED) is 0.249. The molecule has 0 aromatic heterocycles. The summed E-state index contributed by atoms with van der Waals surface area (Å²) in [7, 11) is 0. The monoisotopic (exact) mass is 389 g/mol. The van der Waals surface area contributed by atoms with Crippen LogP contribution >= 0.6 is 0 Å². The van der Waals surface area contributed by atoms with Gasteiger partial charge in [-0.3, -0.25) is 0 Å². The lowest BCUT2D eigenvalue weighted by molar-refractivity contribution is 0.137. The summed E-state index contributed by atoms with van der Waals surface area (Å²) in [6.07, 6.45) is 12.8. The fraction of sp³-hybridized carbons (Fsp3) is 0.750. The van der Waals surface area contributed by atoms with Crippen molar-refractivity contribution in [2.24, 2.45) is 23.7 Å². The first-order valence-electron chi connectivity index (χ1n) is 11.0. The zero-order chi connectivity index (χ0) is 20.4. The maximum atomic E-state index is 10.5. The fourth-order valence-corrected chi connectivity index (χ4v) is 4.66. The van der Waals surface area contributed by atoms with E-state index < -0.39 is 6.10 Å². The Morgan fingerprint density at radius 1 is 1.25 bits per heavy atom. The normalized spacial score (nSPS) is 30.4. The topological polar surface area (TPSA) is 72.7 Å². The van der Waals surface area contributed by atoms with Gasteiger partial charge in [0, 0.05) is 18.9 Å². The van der Waals surface area contributed by atoms with Crippen molar-refractivity contribution in [3.8, 4) is 11.8 Å². The molecule has 0 radical (unpaired) electrons. The smallest absolute Gasteiger partial charge is 0.0755 e. The summed E-state index contributed by atoms with van der Waals surface area (Å²) in [6, 6.07) is 0. The van der Waals surface area contributed by atoms with Crippen LogP contribution in [0.5, 0.6) is 0 Å². The molecule has 4 heteroatoms. The van der Waals surface area contributed by atoms with Crippen molar-refractivity contribution < 1.29 is 15.3 Å². The number of unbranched alkanes of at least 4 members (excludes halogenated alkanes) is 2. The Morgan fingerprint density at radius 2 is 2.07 bits per heavy atom. The van der Waals surface area contributed by atoms with E-state index in [1.807, 2.05) is 19.9 Å². The summed E-state index contributed by atoms with van der Waals surface area (Å²) in [5, 5.41) is 32.8. The zero-order valence-electron chi connectivity index (χ0n) is 17.6. The molecule has 0 heterocycles. The van der Waals surface area contributed by atoms with Gasteiger partial charge in [-0.1, -0.05) is 30.7 Å². The molecule has 0 unspecified atom stereocenters. The fourth-order valence-electron chi connectivity index (χ4n) is 4.66. The second-order valence-electron chi connectivity index (χ2n) is 8.53. The van der Waals surface area contributed by atoms with Gasteiger partial charge in [-0.2, -0.15) is 0 Å². The summed E-state index contributed by atoms with van der Waals surface area (Å²) >= 11 is 0. The van der Waals surface area contributed by atoms with E-state index in [1.54, 1.807) is 5.57 Å². The lowest BCUT2D eigenvalue weighted by atomic mass is 9.89. The van der Waals surface area contributed by atoms with Crippen molar-refractivity contribution in [3.05, 3.63) is 23.8 Å². The van der Waals surface area contributed by atoms with Gasteiger partial charge in [0.25, 0.3) is 0 Å². The molecular formula is C24H39NO3. The summed E-state index contributed by atoms with van der Waals surface area (Å²) in [5.41, 5.74) is 1.55. The minimum atomic E-state index is -0.497. The lowest BCUT2D eigenvalue weighted by Gasteiger charge is -2.19. The molecule has 0 saturated heterocycles. The molecule has 0 aromatic rings. The minimum absolute atomic E-state index is 0.115. The molecule has 0 bridgehead atoms. The summed E-state index contributed by atoms with van der Waals surface area (Å²) in [4.78, 5) is 0. The molecule has 2 rings (SSSR count). The summed E-state index contributed by atoms with van der Waals surface area (Å²) < 4.78 is 0. The van der Waals surface area contributed by atoms with Crippen LogP contribution in [-0.4, -0.2) is 47.2 Å². The molecule has 2 fully saturated rings. The van der Waals surface area contributed by atoms with Crippen LogP contribution in [0.1, 0.15) is 58.8 Å². The Morgan fingerprint density at radius 3 is 2.82 bits per heavy atom. The number of aliphatic hydroxyl groups excluding tert-OH is 3. The number of allylic oxidation sites excluding steroid dienone is 2. The molecule has 2 aliphatic carbocycles. The van der Waals surface area contributed by atoms with E-state index in [-0.39, 0.29) is 24.5 Å². The van der Waals surface area contributed by atoms with Gasteiger partial charge in [-0.25, -0.2) is 0 Å². The van der Waals surface area contributed by atoms with E-state index in [0.717, 1.165) is 38.6 Å². The van der Waals surface area contributed by atoms with Crippen molar-refractivity contribution in [1.29, 1.82) is 0 Å². The Balaban J connectivity index is 1.79. The maximum absolute atomic E-state index is 10.5. The van der Waals surface area contributed by atoms with Crippen LogP contribution in [0.3, 0.4) is 0 Å². The van der Waals surface area contributed by atoms with E-state index in [0.29, 0.717) is 24.8 Å². The molecule has 4 N–H and O–H groups in total. The highest BCUT2D eigenvalue weighted by atomic mass is 16.3. The Kier molecular flexibility index (Phi) is 10.3. The minimum Gasteiger partial charge on any atom is -0.395 e. The highest BCUT2D eigenvalue weighted by Crippen LogP contribution is 2.50. The van der Waals surface area contributed by atoms with Gasteiger partial charge in [0.15, 0.2) is 0 Å². The van der Waals surface area contributed by atoms with E-state index in [9.17, 15) is 10.2 Å². The molecule has 158 valence electrons. The Hall–Kier alpha value is -1.12. The van der Waals surface area contributed by atoms with Gasteiger partial charge in [-0.05, 0) is 69.7 Å². The van der Waals surface area contributed by atoms with E-state index in [4.69, 9.17) is 5.11 Å². The number of aliphatic hydroxyl groups is 3. The largest absolute Gasteiger partial charge is 0.395 e. The Labute approximate surface area is 171 Å². The third-order valence-electron chi connectivity index (χ3n) is 6.35. The van der Waals surface area contributed by atoms with Crippen LogP contribution in [-0.2, 0) is 0 Å². The van der Waals surface area contributed by atoms with Gasteiger partial charge in [0.2, 0.25) is 0 Å². The van der Waals surface area contributed by atoms with Gasteiger partial charge in [0.1, 0.15) is 0 Å². The number of hydrogen-bond donors (Lipinski definition) is 4. The lowest BCUT2D eigenvalue weighted by Crippen LogP contribution is -2.19. The van der Waals surface area contributed by atoms with Crippen LogP contribution in [0.15, 0.2) is 23.8 Å².